The summed E-state index contributed by atoms with van der Waals surface area (Å²) in [6, 6.07) is 7.63. The van der Waals surface area contributed by atoms with Gasteiger partial charge in [-0.2, -0.15) is 0 Å². The molecule has 0 bridgehead atoms. The Morgan fingerprint density at radius 1 is 1.35 bits per heavy atom. The van der Waals surface area contributed by atoms with E-state index < -0.39 is 0 Å². The number of hydrogen-bond donors (Lipinski definition) is 0. The van der Waals surface area contributed by atoms with Gasteiger partial charge in [0.25, 0.3) is 0 Å². The molecule has 0 N–H and O–H groups in total. The number of rotatable bonds is 3. The first kappa shape index (κ1) is 14.1. The number of halogens is 1. The van der Waals surface area contributed by atoms with E-state index in [1.807, 2.05) is 24.3 Å². The fourth-order valence-corrected chi connectivity index (χ4v) is 3.88. The van der Waals surface area contributed by atoms with Crippen LogP contribution in [0.25, 0.3) is 0 Å². The van der Waals surface area contributed by atoms with Crippen LogP contribution in [0.1, 0.15) is 44.1 Å². The summed E-state index contributed by atoms with van der Waals surface area (Å²) in [7, 11) is 0. The molecule has 1 aliphatic heterocycles. The molecule has 3 rings (SSSR count). The zero-order valence-electron chi connectivity index (χ0n) is 11.7. The van der Waals surface area contributed by atoms with Crippen LogP contribution < -0.4 is 0 Å². The van der Waals surface area contributed by atoms with Crippen LogP contribution >= 0.6 is 11.6 Å². The monoisotopic (exact) mass is 292 g/mol. The maximum absolute atomic E-state index is 12.5. The van der Waals surface area contributed by atoms with Gasteiger partial charge in [-0.15, -0.1) is 0 Å². The number of hydrogen-bond acceptors (Lipinski definition) is 2. The van der Waals surface area contributed by atoms with E-state index in [1.165, 1.54) is 12.8 Å². The second-order valence-corrected chi connectivity index (χ2v) is 6.64. The SMILES string of the molecule is O=C(Cc1cccc(Cl)c1)C1CCOC2(CCCC2)C1. The third-order valence-corrected chi connectivity index (χ3v) is 4.97. The molecule has 2 aliphatic rings. The third kappa shape index (κ3) is 3.07. The molecule has 1 aliphatic carbocycles. The van der Waals surface area contributed by atoms with Crippen molar-refractivity contribution in [2.24, 2.45) is 5.92 Å². The lowest BCUT2D eigenvalue weighted by Gasteiger charge is -2.37. The van der Waals surface area contributed by atoms with Gasteiger partial charge in [0, 0.05) is 24.0 Å². The topological polar surface area (TPSA) is 26.3 Å². The van der Waals surface area contributed by atoms with Gasteiger partial charge in [-0.1, -0.05) is 36.6 Å². The van der Waals surface area contributed by atoms with Gasteiger partial charge in [-0.05, 0) is 43.4 Å². The van der Waals surface area contributed by atoms with Crippen LogP contribution in [0.5, 0.6) is 0 Å². The molecule has 108 valence electrons. The second kappa shape index (κ2) is 5.87. The first-order valence-electron chi connectivity index (χ1n) is 7.58. The van der Waals surface area contributed by atoms with Crippen molar-refractivity contribution in [3.05, 3.63) is 34.9 Å². The van der Waals surface area contributed by atoms with Crippen LogP contribution in [0.2, 0.25) is 5.02 Å². The number of carbonyl (C=O) groups excluding carboxylic acids is 1. The molecule has 20 heavy (non-hydrogen) atoms. The third-order valence-electron chi connectivity index (χ3n) is 4.73. The van der Waals surface area contributed by atoms with Gasteiger partial charge in [0.05, 0.1) is 5.60 Å². The van der Waals surface area contributed by atoms with Gasteiger partial charge in [-0.25, -0.2) is 0 Å². The predicted molar refractivity (Wildman–Crippen MR) is 80.0 cm³/mol. The van der Waals surface area contributed by atoms with Crippen molar-refractivity contribution in [1.29, 1.82) is 0 Å². The average Bonchev–Trinajstić information content (AvgIpc) is 2.87. The number of benzene rings is 1. The number of ether oxygens (including phenoxy) is 1. The molecule has 0 aromatic heterocycles. The molecule has 1 unspecified atom stereocenters. The Hall–Kier alpha value is -0.860. The van der Waals surface area contributed by atoms with Gasteiger partial charge in [0.1, 0.15) is 5.78 Å². The van der Waals surface area contributed by atoms with Crippen LogP contribution in [-0.4, -0.2) is 18.0 Å². The minimum atomic E-state index is 0.0207. The Bertz CT molecular complexity index is 492. The highest BCUT2D eigenvalue weighted by atomic mass is 35.5. The van der Waals surface area contributed by atoms with E-state index in [0.29, 0.717) is 17.2 Å². The van der Waals surface area contributed by atoms with Crippen LogP contribution in [-0.2, 0) is 16.0 Å². The molecule has 1 saturated heterocycles. The quantitative estimate of drug-likeness (QED) is 0.835. The van der Waals surface area contributed by atoms with E-state index in [1.54, 1.807) is 0 Å². The van der Waals surface area contributed by atoms with Crippen molar-refractivity contribution in [1.82, 2.24) is 0 Å². The minimum Gasteiger partial charge on any atom is -0.375 e. The van der Waals surface area contributed by atoms with Crippen molar-refractivity contribution in [2.75, 3.05) is 6.61 Å². The summed E-state index contributed by atoms with van der Waals surface area (Å²) in [4.78, 5) is 12.5. The highest BCUT2D eigenvalue weighted by Crippen LogP contribution is 2.42. The Labute approximate surface area is 125 Å². The zero-order valence-corrected chi connectivity index (χ0v) is 12.5. The Morgan fingerprint density at radius 3 is 2.90 bits per heavy atom. The highest BCUT2D eigenvalue weighted by Gasteiger charge is 2.41. The Balaban J connectivity index is 1.65. The second-order valence-electron chi connectivity index (χ2n) is 6.20. The molecule has 1 aromatic carbocycles. The van der Waals surface area contributed by atoms with E-state index in [0.717, 1.165) is 37.9 Å². The summed E-state index contributed by atoms with van der Waals surface area (Å²) in [5.41, 5.74) is 1.04. The number of Topliss-reactive ketones (excluding diaryl/α,β-unsaturated/α-hetero) is 1. The van der Waals surface area contributed by atoms with Crippen molar-refractivity contribution >= 4 is 17.4 Å². The average molecular weight is 293 g/mol. The predicted octanol–water partition coefficient (Wildman–Crippen LogP) is 4.19. The first-order valence-corrected chi connectivity index (χ1v) is 7.96. The Morgan fingerprint density at radius 2 is 2.15 bits per heavy atom. The molecule has 0 amide bonds. The molecular formula is C17H21ClO2. The van der Waals surface area contributed by atoms with E-state index in [4.69, 9.17) is 16.3 Å². The van der Waals surface area contributed by atoms with Crippen molar-refractivity contribution < 1.29 is 9.53 Å². The maximum atomic E-state index is 12.5. The lowest BCUT2D eigenvalue weighted by Crippen LogP contribution is -2.40. The Kier molecular flexibility index (Phi) is 4.13. The zero-order chi connectivity index (χ0) is 14.0. The van der Waals surface area contributed by atoms with Crippen LogP contribution in [0.4, 0.5) is 0 Å². The van der Waals surface area contributed by atoms with Gasteiger partial charge >= 0.3 is 0 Å². The summed E-state index contributed by atoms with van der Waals surface area (Å²) in [5, 5.41) is 0.703. The van der Waals surface area contributed by atoms with Crippen LogP contribution in [0, 0.1) is 5.92 Å². The van der Waals surface area contributed by atoms with E-state index in [-0.39, 0.29) is 11.5 Å². The fourth-order valence-electron chi connectivity index (χ4n) is 3.66. The van der Waals surface area contributed by atoms with Crippen molar-refractivity contribution in [2.45, 2.75) is 50.5 Å². The molecule has 2 fully saturated rings. The summed E-state index contributed by atoms with van der Waals surface area (Å²) < 4.78 is 6.00. The van der Waals surface area contributed by atoms with Gasteiger partial charge in [0.2, 0.25) is 0 Å². The summed E-state index contributed by atoms with van der Waals surface area (Å²) in [6.45, 7) is 0.742. The van der Waals surface area contributed by atoms with Gasteiger partial charge in [0.15, 0.2) is 0 Å². The van der Waals surface area contributed by atoms with E-state index in [2.05, 4.69) is 0 Å². The smallest absolute Gasteiger partial charge is 0.140 e. The summed E-state index contributed by atoms with van der Waals surface area (Å²) in [5.74, 6) is 0.516. The van der Waals surface area contributed by atoms with Gasteiger partial charge in [-0.3, -0.25) is 4.79 Å². The van der Waals surface area contributed by atoms with Crippen molar-refractivity contribution in [3.8, 4) is 0 Å². The molecular weight excluding hydrogens is 272 g/mol. The number of carbonyl (C=O) groups is 1. The highest BCUT2D eigenvalue weighted by molar-refractivity contribution is 6.30. The molecule has 2 nitrogen and oxygen atoms in total. The summed E-state index contributed by atoms with van der Waals surface area (Å²) >= 11 is 5.98. The lowest BCUT2D eigenvalue weighted by atomic mass is 9.81. The maximum Gasteiger partial charge on any atom is 0.140 e. The molecule has 1 heterocycles. The number of ketones is 1. The molecule has 0 radical (unpaired) electrons. The molecule has 1 atom stereocenters. The molecule has 1 spiro atoms. The first-order chi connectivity index (χ1) is 9.67. The van der Waals surface area contributed by atoms with Crippen LogP contribution in [0.15, 0.2) is 24.3 Å². The molecule has 3 heteroatoms. The lowest BCUT2D eigenvalue weighted by molar-refractivity contribution is -0.135. The molecule has 1 aromatic rings. The molecule has 1 saturated carbocycles. The minimum absolute atomic E-state index is 0.0207. The van der Waals surface area contributed by atoms with Gasteiger partial charge < -0.3 is 4.74 Å². The van der Waals surface area contributed by atoms with E-state index >= 15 is 0 Å². The normalized spacial score (nSPS) is 24.9. The fraction of sp³-hybridized carbons (Fsp3) is 0.588. The van der Waals surface area contributed by atoms with Crippen LogP contribution in [0.3, 0.4) is 0 Å². The summed E-state index contributed by atoms with van der Waals surface area (Å²) in [6.07, 6.45) is 7.06. The van der Waals surface area contributed by atoms with Crippen molar-refractivity contribution in [3.63, 3.8) is 0 Å². The standard InChI is InChI=1S/C17H21ClO2/c18-15-5-3-4-13(10-15)11-16(19)14-6-9-20-17(12-14)7-1-2-8-17/h3-5,10,14H,1-2,6-9,11-12H2. The van der Waals surface area contributed by atoms with E-state index in [9.17, 15) is 4.79 Å². The largest absolute Gasteiger partial charge is 0.375 e.